The maximum absolute atomic E-state index is 12.7. The highest BCUT2D eigenvalue weighted by Gasteiger charge is 2.42. The van der Waals surface area contributed by atoms with Crippen molar-refractivity contribution in [3.8, 4) is 0 Å². The van der Waals surface area contributed by atoms with Crippen molar-refractivity contribution in [2.24, 2.45) is 0 Å². The lowest BCUT2D eigenvalue weighted by atomic mass is 10.1. The molecule has 2 amide bonds. The minimum absolute atomic E-state index is 0.0874. The Labute approximate surface area is 136 Å². The van der Waals surface area contributed by atoms with Gasteiger partial charge in [0.05, 0.1) is 4.90 Å². The topological polar surface area (TPSA) is 80.8 Å². The molecule has 0 aliphatic carbocycles. The molecule has 0 N–H and O–H groups in total. The number of nitrogens with zero attached hydrogens (tertiary/aromatic N) is 1. The number of amides is 2. The summed E-state index contributed by atoms with van der Waals surface area (Å²) in [4.78, 5) is 25.6. The predicted molar refractivity (Wildman–Crippen MR) is 84.6 cm³/mol. The maximum atomic E-state index is 12.7. The van der Waals surface area contributed by atoms with Gasteiger partial charge in [-0.15, -0.1) is 0 Å². The van der Waals surface area contributed by atoms with Crippen LogP contribution < -0.4 is 0 Å². The van der Waals surface area contributed by atoms with E-state index in [4.69, 9.17) is 4.74 Å². The molecule has 6 nitrogen and oxygen atoms in total. The molecule has 1 atom stereocenters. The lowest BCUT2D eigenvalue weighted by Crippen LogP contribution is -2.51. The van der Waals surface area contributed by atoms with Gasteiger partial charge in [0.1, 0.15) is 10.9 Å². The number of sulfone groups is 1. The molecule has 1 fully saturated rings. The third-order valence-electron chi connectivity index (χ3n) is 3.45. The van der Waals surface area contributed by atoms with E-state index < -0.39 is 32.7 Å². The summed E-state index contributed by atoms with van der Waals surface area (Å²) in [6.45, 7) is 5.25. The second kappa shape index (κ2) is 6.31. The van der Waals surface area contributed by atoms with Crippen molar-refractivity contribution >= 4 is 21.8 Å². The van der Waals surface area contributed by atoms with E-state index in [9.17, 15) is 18.0 Å². The van der Waals surface area contributed by atoms with Crippen molar-refractivity contribution in [2.75, 3.05) is 6.54 Å². The lowest BCUT2D eigenvalue weighted by Gasteiger charge is -2.32. The third kappa shape index (κ3) is 3.90. The minimum Gasteiger partial charge on any atom is -0.443 e. The Balaban J connectivity index is 2.25. The molecule has 1 aromatic carbocycles. The number of likely N-dealkylation sites (tertiary alicyclic amines) is 1. The van der Waals surface area contributed by atoms with Gasteiger partial charge >= 0.3 is 6.09 Å². The highest BCUT2D eigenvalue weighted by Crippen LogP contribution is 2.25. The number of carbonyl (C=O) groups is 2. The summed E-state index contributed by atoms with van der Waals surface area (Å²) in [6, 6.07) is 7.82. The molecule has 0 saturated carbocycles. The van der Waals surface area contributed by atoms with Crippen LogP contribution in [0.2, 0.25) is 0 Å². The van der Waals surface area contributed by atoms with Crippen LogP contribution >= 0.6 is 0 Å². The Kier molecular flexibility index (Phi) is 4.79. The molecular weight excluding hydrogens is 318 g/mol. The molecule has 0 radical (unpaired) electrons. The van der Waals surface area contributed by atoms with Crippen molar-refractivity contribution in [2.45, 2.75) is 49.4 Å². The summed E-state index contributed by atoms with van der Waals surface area (Å²) in [7, 11) is -3.82. The molecule has 2 rings (SSSR count). The van der Waals surface area contributed by atoms with E-state index in [0.717, 1.165) is 4.90 Å². The quantitative estimate of drug-likeness (QED) is 0.826. The summed E-state index contributed by atoms with van der Waals surface area (Å²) in [6.07, 6.45) is -0.160. The van der Waals surface area contributed by atoms with Gasteiger partial charge in [0.15, 0.2) is 9.84 Å². The number of piperidine rings is 1. The first kappa shape index (κ1) is 17.5. The minimum atomic E-state index is -3.82. The van der Waals surface area contributed by atoms with E-state index in [0.29, 0.717) is 6.42 Å². The average Bonchev–Trinajstić information content (AvgIpc) is 2.46. The molecule has 1 heterocycles. The Hall–Kier alpha value is -1.89. The molecule has 0 bridgehead atoms. The number of ether oxygens (including phenoxy) is 1. The first-order valence-electron chi connectivity index (χ1n) is 7.46. The fourth-order valence-corrected chi connectivity index (χ4v) is 4.14. The van der Waals surface area contributed by atoms with E-state index in [2.05, 4.69) is 0 Å². The normalized spacial score (nSPS) is 19.5. The van der Waals surface area contributed by atoms with Gasteiger partial charge in [-0.3, -0.25) is 4.79 Å². The van der Waals surface area contributed by atoms with Gasteiger partial charge in [-0.25, -0.2) is 18.1 Å². The second-order valence-corrected chi connectivity index (χ2v) is 8.59. The molecule has 7 heteroatoms. The van der Waals surface area contributed by atoms with E-state index in [1.165, 1.54) is 12.1 Å². The lowest BCUT2D eigenvalue weighted by molar-refractivity contribution is -0.131. The zero-order valence-electron chi connectivity index (χ0n) is 13.5. The van der Waals surface area contributed by atoms with Crippen LogP contribution in [0.4, 0.5) is 4.79 Å². The molecule has 0 aromatic heterocycles. The largest absolute Gasteiger partial charge is 0.443 e. The zero-order valence-corrected chi connectivity index (χ0v) is 14.3. The molecule has 0 spiro atoms. The first-order chi connectivity index (χ1) is 10.6. The molecule has 1 saturated heterocycles. The second-order valence-electron chi connectivity index (χ2n) is 6.46. The monoisotopic (exact) mass is 339 g/mol. The fourth-order valence-electron chi connectivity index (χ4n) is 2.40. The van der Waals surface area contributed by atoms with Crippen LogP contribution in [0.1, 0.15) is 33.6 Å². The van der Waals surface area contributed by atoms with Gasteiger partial charge in [-0.05, 0) is 45.7 Å². The van der Waals surface area contributed by atoms with E-state index in [-0.39, 0.29) is 17.9 Å². The molecule has 23 heavy (non-hydrogen) atoms. The van der Waals surface area contributed by atoms with E-state index in [1.54, 1.807) is 39.0 Å². The molecule has 1 aliphatic rings. The third-order valence-corrected chi connectivity index (χ3v) is 5.57. The van der Waals surface area contributed by atoms with Crippen molar-refractivity contribution in [3.05, 3.63) is 30.3 Å². The number of hydrogen-bond donors (Lipinski definition) is 0. The molecule has 1 aliphatic heterocycles. The summed E-state index contributed by atoms with van der Waals surface area (Å²) in [5.41, 5.74) is -0.747. The van der Waals surface area contributed by atoms with Gasteiger partial charge in [-0.1, -0.05) is 18.2 Å². The van der Waals surface area contributed by atoms with Crippen LogP contribution in [-0.2, 0) is 19.4 Å². The number of hydrogen-bond acceptors (Lipinski definition) is 5. The first-order valence-corrected chi connectivity index (χ1v) is 9.01. The van der Waals surface area contributed by atoms with Crippen molar-refractivity contribution in [1.29, 1.82) is 0 Å². The average molecular weight is 339 g/mol. The van der Waals surface area contributed by atoms with Gasteiger partial charge in [0, 0.05) is 6.54 Å². The van der Waals surface area contributed by atoms with Crippen LogP contribution in [-0.4, -0.2) is 42.7 Å². The van der Waals surface area contributed by atoms with Crippen molar-refractivity contribution < 1.29 is 22.7 Å². The zero-order chi connectivity index (χ0) is 17.3. The van der Waals surface area contributed by atoms with Gasteiger partial charge in [0.2, 0.25) is 0 Å². The van der Waals surface area contributed by atoms with E-state index >= 15 is 0 Å². The van der Waals surface area contributed by atoms with Crippen molar-refractivity contribution in [3.63, 3.8) is 0 Å². The molecule has 126 valence electrons. The Bertz CT molecular complexity index is 691. The van der Waals surface area contributed by atoms with Crippen LogP contribution in [0, 0.1) is 0 Å². The number of carbonyl (C=O) groups excluding carboxylic acids is 2. The predicted octanol–water partition coefficient (Wildman–Crippen LogP) is 2.39. The summed E-state index contributed by atoms with van der Waals surface area (Å²) in [5, 5.41) is -1.24. The highest BCUT2D eigenvalue weighted by atomic mass is 32.2. The maximum Gasteiger partial charge on any atom is 0.417 e. The van der Waals surface area contributed by atoms with Gasteiger partial charge in [-0.2, -0.15) is 0 Å². The van der Waals surface area contributed by atoms with Crippen LogP contribution in [0.5, 0.6) is 0 Å². The molecule has 1 unspecified atom stereocenters. The smallest absolute Gasteiger partial charge is 0.417 e. The summed E-state index contributed by atoms with van der Waals surface area (Å²) >= 11 is 0. The summed E-state index contributed by atoms with van der Waals surface area (Å²) in [5.74, 6) is -0.714. The molecular formula is C16H21NO5S. The van der Waals surface area contributed by atoms with Crippen LogP contribution in [0.25, 0.3) is 0 Å². The summed E-state index contributed by atoms with van der Waals surface area (Å²) < 4.78 is 30.5. The fraction of sp³-hybridized carbons (Fsp3) is 0.500. The highest BCUT2D eigenvalue weighted by molar-refractivity contribution is 7.92. The van der Waals surface area contributed by atoms with E-state index in [1.807, 2.05) is 0 Å². The van der Waals surface area contributed by atoms with Gasteiger partial charge < -0.3 is 4.74 Å². The van der Waals surface area contributed by atoms with Crippen LogP contribution in [0.3, 0.4) is 0 Å². The number of imide groups is 1. The van der Waals surface area contributed by atoms with Crippen molar-refractivity contribution in [1.82, 2.24) is 4.90 Å². The SMILES string of the molecule is CC(C)(C)OC(=O)N1CCCC(S(=O)(=O)c2ccccc2)C1=O. The standard InChI is InChI=1S/C16H21NO5S/c1-16(2,3)22-15(19)17-11-7-10-13(14(17)18)23(20,21)12-8-5-4-6-9-12/h4-6,8-9,13H,7,10-11H2,1-3H3. The Morgan fingerprint density at radius 1 is 1.22 bits per heavy atom. The number of rotatable bonds is 2. The van der Waals surface area contributed by atoms with Crippen LogP contribution in [0.15, 0.2) is 35.2 Å². The Morgan fingerprint density at radius 3 is 2.39 bits per heavy atom. The van der Waals surface area contributed by atoms with Gasteiger partial charge in [0.25, 0.3) is 5.91 Å². The Morgan fingerprint density at radius 2 is 1.83 bits per heavy atom. The number of benzene rings is 1. The molecule has 1 aromatic rings.